The molecular formula is C20H30IN7O. The first-order chi connectivity index (χ1) is 13.5. The number of hydrogen-bond acceptors (Lipinski definition) is 4. The predicted octanol–water partition coefficient (Wildman–Crippen LogP) is 1.39. The van der Waals surface area contributed by atoms with E-state index in [1.54, 1.807) is 19.0 Å². The number of aliphatic imine (C=N–C) groups is 1. The van der Waals surface area contributed by atoms with Gasteiger partial charge >= 0.3 is 0 Å². The second kappa shape index (κ2) is 11.1. The molecule has 0 bridgehead atoms. The molecule has 0 fully saturated rings. The van der Waals surface area contributed by atoms with E-state index in [0.29, 0.717) is 5.96 Å². The number of amides is 1. The lowest BCUT2D eigenvalue weighted by atomic mass is 10.1. The van der Waals surface area contributed by atoms with Gasteiger partial charge in [-0.15, -0.1) is 24.0 Å². The monoisotopic (exact) mass is 511 g/mol. The highest BCUT2D eigenvalue weighted by Gasteiger charge is 2.21. The molecule has 3 rings (SSSR count). The number of likely N-dealkylation sites (N-methyl/N-ethyl adjacent to an activating group) is 1. The zero-order valence-electron chi connectivity index (χ0n) is 17.3. The number of fused-ring (bicyclic) bond motifs is 1. The Morgan fingerprint density at radius 1 is 1.31 bits per heavy atom. The summed E-state index contributed by atoms with van der Waals surface area (Å²) >= 11 is 0. The van der Waals surface area contributed by atoms with E-state index in [-0.39, 0.29) is 42.5 Å². The number of rotatable bonds is 6. The van der Waals surface area contributed by atoms with Gasteiger partial charge in [-0.25, -0.2) is 14.7 Å². The smallest absolute Gasteiger partial charge is 0.243 e. The Hall–Kier alpha value is -2.17. The van der Waals surface area contributed by atoms with Crippen molar-refractivity contribution in [1.82, 2.24) is 30.3 Å². The topological polar surface area (TPSA) is 87.4 Å². The molecule has 0 saturated heterocycles. The van der Waals surface area contributed by atoms with Crippen LogP contribution in [0.4, 0.5) is 0 Å². The largest absolute Gasteiger partial charge is 0.356 e. The van der Waals surface area contributed by atoms with Crippen LogP contribution in [0.5, 0.6) is 0 Å². The fourth-order valence-electron chi connectivity index (χ4n) is 3.16. The maximum Gasteiger partial charge on any atom is 0.243 e. The van der Waals surface area contributed by atoms with Gasteiger partial charge in [-0.2, -0.15) is 5.10 Å². The summed E-state index contributed by atoms with van der Waals surface area (Å²) in [5.74, 6) is 2.48. The molecule has 0 aliphatic carbocycles. The van der Waals surface area contributed by atoms with Crippen molar-refractivity contribution < 1.29 is 4.79 Å². The molecule has 9 heteroatoms. The minimum atomic E-state index is -0.0259. The molecule has 29 heavy (non-hydrogen) atoms. The molecular weight excluding hydrogens is 481 g/mol. The lowest BCUT2D eigenvalue weighted by molar-refractivity contribution is -0.127. The molecule has 0 saturated carbocycles. The number of aryl methyl sites for hydroxylation is 2. The van der Waals surface area contributed by atoms with E-state index in [1.165, 1.54) is 5.56 Å². The molecule has 0 spiro atoms. The van der Waals surface area contributed by atoms with Gasteiger partial charge in [0, 0.05) is 33.1 Å². The molecule has 1 aromatic carbocycles. The molecule has 2 N–H and O–H groups in total. The molecule has 1 aromatic heterocycles. The lowest BCUT2D eigenvalue weighted by Crippen LogP contribution is -2.48. The van der Waals surface area contributed by atoms with Crippen molar-refractivity contribution in [2.75, 3.05) is 27.2 Å². The molecule has 8 nitrogen and oxygen atoms in total. The van der Waals surface area contributed by atoms with Crippen molar-refractivity contribution >= 4 is 35.8 Å². The summed E-state index contributed by atoms with van der Waals surface area (Å²) in [5, 5.41) is 11.3. The molecule has 1 aliphatic heterocycles. The van der Waals surface area contributed by atoms with Crippen LogP contribution in [0.1, 0.15) is 23.6 Å². The first-order valence-electron chi connectivity index (χ1n) is 9.70. The van der Waals surface area contributed by atoms with Gasteiger partial charge in [0.05, 0.1) is 6.54 Å². The van der Waals surface area contributed by atoms with Crippen molar-refractivity contribution in [3.05, 3.63) is 47.5 Å². The number of halogens is 1. The highest BCUT2D eigenvalue weighted by Crippen LogP contribution is 2.12. The van der Waals surface area contributed by atoms with Crippen LogP contribution in [0, 0.1) is 6.92 Å². The summed E-state index contributed by atoms with van der Waals surface area (Å²) in [6.07, 6.45) is 2.73. The third kappa shape index (κ3) is 6.98. The number of nitrogens with zero attached hydrogens (tertiary/aromatic N) is 5. The van der Waals surface area contributed by atoms with Crippen LogP contribution in [0.2, 0.25) is 0 Å². The van der Waals surface area contributed by atoms with Crippen molar-refractivity contribution in [1.29, 1.82) is 0 Å². The normalized spacial score (nSPS) is 15.8. The molecule has 2 aromatic rings. The summed E-state index contributed by atoms with van der Waals surface area (Å²) in [4.78, 5) is 22.4. The van der Waals surface area contributed by atoms with Crippen molar-refractivity contribution in [3.8, 4) is 0 Å². The van der Waals surface area contributed by atoms with E-state index in [9.17, 15) is 4.79 Å². The standard InChI is InChI=1S/C20H29N7O.HI/c1-15-23-18-10-9-17(14-27(18)25-15)24-20(22-13-19(28)26(2)3)21-12-11-16-7-5-4-6-8-16;/h4-8,17H,9-14H2,1-3H3,(H2,21,22,24);1H. The molecule has 0 radical (unpaired) electrons. The van der Waals surface area contributed by atoms with E-state index < -0.39 is 0 Å². The Morgan fingerprint density at radius 2 is 2.07 bits per heavy atom. The second-order valence-electron chi connectivity index (χ2n) is 7.25. The number of aromatic nitrogens is 3. The lowest BCUT2D eigenvalue weighted by Gasteiger charge is -2.25. The third-order valence-corrected chi connectivity index (χ3v) is 4.72. The molecule has 1 aliphatic rings. The van der Waals surface area contributed by atoms with Gasteiger partial charge in [0.2, 0.25) is 5.91 Å². The highest BCUT2D eigenvalue weighted by atomic mass is 127. The zero-order valence-corrected chi connectivity index (χ0v) is 19.6. The number of carbonyl (C=O) groups is 1. The Bertz CT molecular complexity index is 819. The summed E-state index contributed by atoms with van der Waals surface area (Å²) in [6.45, 7) is 3.52. The van der Waals surface area contributed by atoms with Gasteiger partial charge in [0.15, 0.2) is 5.96 Å². The van der Waals surface area contributed by atoms with Gasteiger partial charge in [0.1, 0.15) is 18.2 Å². The average Bonchev–Trinajstić information content (AvgIpc) is 3.05. The van der Waals surface area contributed by atoms with Crippen molar-refractivity contribution in [2.45, 2.75) is 38.8 Å². The van der Waals surface area contributed by atoms with E-state index in [4.69, 9.17) is 0 Å². The highest BCUT2D eigenvalue weighted by molar-refractivity contribution is 14.0. The van der Waals surface area contributed by atoms with Crippen LogP contribution >= 0.6 is 24.0 Å². The maximum absolute atomic E-state index is 11.9. The number of guanidine groups is 1. The Morgan fingerprint density at radius 3 is 2.79 bits per heavy atom. The number of hydrogen-bond donors (Lipinski definition) is 2. The summed E-state index contributed by atoms with van der Waals surface area (Å²) in [6, 6.07) is 10.5. The molecule has 2 heterocycles. The number of nitrogens with one attached hydrogen (secondary N) is 2. The van der Waals surface area contributed by atoms with Gasteiger partial charge in [-0.1, -0.05) is 30.3 Å². The average molecular weight is 511 g/mol. The SMILES string of the molecule is Cc1nc2n(n1)CC(NC(=NCC(=O)N(C)C)NCCc1ccccc1)CC2.I. The second-order valence-corrected chi connectivity index (χ2v) is 7.25. The van der Waals surface area contributed by atoms with Crippen LogP contribution in [0.3, 0.4) is 0 Å². The van der Waals surface area contributed by atoms with Crippen molar-refractivity contribution in [2.24, 2.45) is 4.99 Å². The quantitative estimate of drug-likeness (QED) is 0.348. The Kier molecular flexibility index (Phi) is 8.87. The van der Waals surface area contributed by atoms with Crippen LogP contribution in [0.25, 0.3) is 0 Å². The van der Waals surface area contributed by atoms with Gasteiger partial charge in [-0.05, 0) is 25.3 Å². The summed E-state index contributed by atoms with van der Waals surface area (Å²) in [5.41, 5.74) is 1.26. The van der Waals surface area contributed by atoms with Crippen LogP contribution < -0.4 is 10.6 Å². The minimum absolute atomic E-state index is 0. The van der Waals surface area contributed by atoms with Gasteiger partial charge in [-0.3, -0.25) is 4.79 Å². The molecule has 1 amide bonds. The molecule has 1 unspecified atom stereocenters. The van der Waals surface area contributed by atoms with E-state index in [1.807, 2.05) is 29.8 Å². The third-order valence-electron chi connectivity index (χ3n) is 4.72. The van der Waals surface area contributed by atoms with Crippen LogP contribution in [0.15, 0.2) is 35.3 Å². The first kappa shape index (κ1) is 23.1. The molecule has 1 atom stereocenters. The van der Waals surface area contributed by atoms with Gasteiger partial charge in [0.25, 0.3) is 0 Å². The fourth-order valence-corrected chi connectivity index (χ4v) is 3.16. The van der Waals surface area contributed by atoms with Crippen LogP contribution in [-0.4, -0.2) is 64.8 Å². The summed E-state index contributed by atoms with van der Waals surface area (Å²) in [7, 11) is 3.48. The first-order valence-corrected chi connectivity index (χ1v) is 9.70. The van der Waals surface area contributed by atoms with E-state index in [2.05, 4.69) is 37.8 Å². The zero-order chi connectivity index (χ0) is 19.9. The summed E-state index contributed by atoms with van der Waals surface area (Å²) < 4.78 is 1.96. The van der Waals surface area contributed by atoms with Gasteiger partial charge < -0.3 is 15.5 Å². The number of benzene rings is 1. The van der Waals surface area contributed by atoms with E-state index in [0.717, 1.165) is 44.0 Å². The van der Waals surface area contributed by atoms with Crippen molar-refractivity contribution in [3.63, 3.8) is 0 Å². The molecule has 158 valence electrons. The van der Waals surface area contributed by atoms with Crippen LogP contribution in [-0.2, 0) is 24.2 Å². The minimum Gasteiger partial charge on any atom is -0.356 e. The predicted molar refractivity (Wildman–Crippen MR) is 125 cm³/mol. The maximum atomic E-state index is 11.9. The number of carbonyl (C=O) groups excluding carboxylic acids is 1. The Balaban J connectivity index is 0.00000300. The fraction of sp³-hybridized carbons (Fsp3) is 0.500. The Labute approximate surface area is 189 Å². The van der Waals surface area contributed by atoms with E-state index >= 15 is 0 Å².